The molecule has 0 saturated carbocycles. The van der Waals surface area contributed by atoms with Crippen LogP contribution in [-0.4, -0.2) is 95.4 Å². The standard InChI is InChI=1S/C27H32FN5O4/c1-18(34)32-13-11-31(12-14-32)10-4-9-30(2)27(36)33-26(19-5-3-6-21(35)15-19)23-17-37-24-8-7-20(28)16-22(24)25(23)29-33/h3,5-8,15-16,23,26,35H,4,9-14,17H2,1-2H3/t23-,26+/m0/s1. The number of carbonyl (C=O) groups is 2. The number of hydrogen-bond acceptors (Lipinski definition) is 6. The fraction of sp³-hybridized carbons (Fsp3) is 0.444. The number of hydrogen-bond donors (Lipinski definition) is 1. The highest BCUT2D eigenvalue weighted by atomic mass is 19.1. The number of fused-ring (bicyclic) bond motifs is 3. The van der Waals surface area contributed by atoms with Crippen molar-refractivity contribution in [2.45, 2.75) is 19.4 Å². The molecule has 1 N–H and O–H groups in total. The summed E-state index contributed by atoms with van der Waals surface area (Å²) in [7, 11) is 1.75. The normalized spacial score (nSPS) is 21.1. The molecule has 0 aliphatic carbocycles. The van der Waals surface area contributed by atoms with Crippen LogP contribution in [-0.2, 0) is 4.79 Å². The zero-order valence-corrected chi connectivity index (χ0v) is 21.1. The Kier molecular flexibility index (Phi) is 7.01. The van der Waals surface area contributed by atoms with Crippen molar-refractivity contribution in [1.82, 2.24) is 19.7 Å². The molecule has 5 rings (SSSR count). The van der Waals surface area contributed by atoms with Crippen LogP contribution in [0.3, 0.4) is 0 Å². The third-order valence-corrected chi connectivity index (χ3v) is 7.37. The lowest BCUT2D eigenvalue weighted by Gasteiger charge is -2.34. The number of benzene rings is 2. The van der Waals surface area contributed by atoms with E-state index in [4.69, 9.17) is 9.84 Å². The summed E-state index contributed by atoms with van der Waals surface area (Å²) in [6, 6.07) is 10.4. The van der Waals surface area contributed by atoms with Crippen LogP contribution >= 0.6 is 0 Å². The molecular weight excluding hydrogens is 477 g/mol. The zero-order valence-electron chi connectivity index (χ0n) is 21.1. The minimum Gasteiger partial charge on any atom is -0.508 e. The Balaban J connectivity index is 1.31. The maximum Gasteiger partial charge on any atom is 0.340 e. The largest absolute Gasteiger partial charge is 0.508 e. The van der Waals surface area contributed by atoms with Crippen LogP contribution in [0.2, 0.25) is 0 Å². The average Bonchev–Trinajstić information content (AvgIpc) is 3.28. The van der Waals surface area contributed by atoms with Gasteiger partial charge in [0.25, 0.3) is 0 Å². The maximum absolute atomic E-state index is 14.1. The first-order valence-electron chi connectivity index (χ1n) is 12.6. The van der Waals surface area contributed by atoms with E-state index in [0.29, 0.717) is 23.6 Å². The van der Waals surface area contributed by atoms with Crippen LogP contribution < -0.4 is 4.74 Å². The third kappa shape index (κ3) is 5.11. The third-order valence-electron chi connectivity index (χ3n) is 7.37. The quantitative estimate of drug-likeness (QED) is 0.670. The van der Waals surface area contributed by atoms with Gasteiger partial charge in [-0.25, -0.2) is 14.2 Å². The molecule has 1 fully saturated rings. The Morgan fingerprint density at radius 2 is 1.95 bits per heavy atom. The van der Waals surface area contributed by atoms with Gasteiger partial charge in [0.1, 0.15) is 17.3 Å². The fourth-order valence-electron chi connectivity index (χ4n) is 5.34. The van der Waals surface area contributed by atoms with Crippen LogP contribution in [0, 0.1) is 11.7 Å². The van der Waals surface area contributed by atoms with E-state index < -0.39 is 11.9 Å². The lowest BCUT2D eigenvalue weighted by molar-refractivity contribution is -0.130. The van der Waals surface area contributed by atoms with Crippen LogP contribution in [0.4, 0.5) is 9.18 Å². The summed E-state index contributed by atoms with van der Waals surface area (Å²) in [5.41, 5.74) is 1.89. The van der Waals surface area contributed by atoms with Gasteiger partial charge in [-0.3, -0.25) is 9.69 Å². The van der Waals surface area contributed by atoms with Gasteiger partial charge in [-0.2, -0.15) is 5.10 Å². The van der Waals surface area contributed by atoms with Gasteiger partial charge in [0, 0.05) is 52.3 Å². The summed E-state index contributed by atoms with van der Waals surface area (Å²) >= 11 is 0. The number of nitrogens with zero attached hydrogens (tertiary/aromatic N) is 5. The van der Waals surface area contributed by atoms with Crippen molar-refractivity contribution in [3.8, 4) is 11.5 Å². The van der Waals surface area contributed by atoms with Crippen LogP contribution in [0.1, 0.15) is 30.5 Å². The summed E-state index contributed by atoms with van der Waals surface area (Å²) in [5, 5.41) is 16.3. The summed E-state index contributed by atoms with van der Waals surface area (Å²) < 4.78 is 20.0. The Labute approximate surface area is 215 Å². The van der Waals surface area contributed by atoms with E-state index in [1.165, 1.54) is 17.1 Å². The Bertz CT molecular complexity index is 1210. The van der Waals surface area contributed by atoms with Gasteiger partial charge < -0.3 is 19.6 Å². The molecule has 0 spiro atoms. The SMILES string of the molecule is CC(=O)N1CCN(CCCN(C)C(=O)N2N=C3c4cc(F)ccc4OC[C@@H]3[C@H]2c2cccc(O)c2)CC1. The highest BCUT2D eigenvalue weighted by Crippen LogP contribution is 2.43. The Hall–Kier alpha value is -3.66. The number of phenols is 1. The molecule has 2 aromatic rings. The summed E-state index contributed by atoms with van der Waals surface area (Å²) in [4.78, 5) is 31.0. The topological polar surface area (TPSA) is 88.9 Å². The van der Waals surface area contributed by atoms with E-state index in [2.05, 4.69) is 4.90 Å². The number of hydrazone groups is 1. The maximum atomic E-state index is 14.1. The highest BCUT2D eigenvalue weighted by molar-refractivity contribution is 6.07. The highest BCUT2D eigenvalue weighted by Gasteiger charge is 2.46. The molecule has 9 nitrogen and oxygen atoms in total. The van der Waals surface area contributed by atoms with Gasteiger partial charge in [-0.05, 0) is 48.9 Å². The van der Waals surface area contributed by atoms with Crippen LogP contribution in [0.5, 0.6) is 11.5 Å². The minimum atomic E-state index is -0.492. The van der Waals surface area contributed by atoms with Crippen LogP contribution in [0.15, 0.2) is 47.6 Å². The molecule has 2 aromatic carbocycles. The summed E-state index contributed by atoms with van der Waals surface area (Å²) in [6.07, 6.45) is 0.782. The smallest absolute Gasteiger partial charge is 0.340 e. The molecule has 3 amide bonds. The van der Waals surface area contributed by atoms with Crippen molar-refractivity contribution >= 4 is 17.6 Å². The van der Waals surface area contributed by atoms with Gasteiger partial charge in [0.05, 0.1) is 24.3 Å². The molecule has 2 atom stereocenters. The molecule has 3 aliphatic heterocycles. The number of phenolic OH excluding ortho intramolecular Hbond substituents is 1. The fourth-order valence-corrected chi connectivity index (χ4v) is 5.34. The predicted molar refractivity (Wildman–Crippen MR) is 136 cm³/mol. The van der Waals surface area contributed by atoms with E-state index in [0.717, 1.165) is 44.7 Å². The zero-order chi connectivity index (χ0) is 26.1. The van der Waals surface area contributed by atoms with Crippen molar-refractivity contribution in [2.24, 2.45) is 11.0 Å². The molecule has 10 heteroatoms. The van der Waals surface area contributed by atoms with Gasteiger partial charge in [-0.1, -0.05) is 12.1 Å². The number of halogens is 1. The molecule has 0 unspecified atom stereocenters. The molecule has 0 bridgehead atoms. The predicted octanol–water partition coefficient (Wildman–Crippen LogP) is 2.91. The monoisotopic (exact) mass is 509 g/mol. The average molecular weight is 510 g/mol. The Morgan fingerprint density at radius 1 is 1.16 bits per heavy atom. The lowest BCUT2D eigenvalue weighted by Crippen LogP contribution is -2.48. The number of amides is 3. The molecule has 1 saturated heterocycles. The van der Waals surface area contributed by atoms with Gasteiger partial charge in [0.15, 0.2) is 0 Å². The first-order valence-corrected chi connectivity index (χ1v) is 12.6. The molecule has 0 aromatic heterocycles. The second kappa shape index (κ2) is 10.4. The van der Waals surface area contributed by atoms with Crippen molar-refractivity contribution in [3.63, 3.8) is 0 Å². The van der Waals surface area contributed by atoms with E-state index in [-0.39, 0.29) is 30.2 Å². The van der Waals surface area contributed by atoms with E-state index in [1.54, 1.807) is 43.1 Å². The second-order valence-electron chi connectivity index (χ2n) is 9.83. The molecule has 3 heterocycles. The second-order valence-corrected chi connectivity index (χ2v) is 9.83. The van der Waals surface area contributed by atoms with Gasteiger partial charge in [0.2, 0.25) is 5.91 Å². The van der Waals surface area contributed by atoms with Gasteiger partial charge in [-0.15, -0.1) is 0 Å². The first-order chi connectivity index (χ1) is 17.8. The van der Waals surface area contributed by atoms with Crippen LogP contribution in [0.25, 0.3) is 0 Å². The number of urea groups is 1. The minimum absolute atomic E-state index is 0.0970. The number of piperazine rings is 1. The lowest BCUT2D eigenvalue weighted by atomic mass is 9.86. The van der Waals surface area contributed by atoms with Crippen molar-refractivity contribution in [1.29, 1.82) is 0 Å². The molecular formula is C27H32FN5O4. The number of ether oxygens (including phenoxy) is 1. The summed E-state index contributed by atoms with van der Waals surface area (Å²) in [5.74, 6) is 0.0461. The van der Waals surface area contributed by atoms with E-state index in [1.807, 2.05) is 11.0 Å². The molecule has 196 valence electrons. The molecule has 3 aliphatic rings. The number of aromatic hydroxyl groups is 1. The molecule has 37 heavy (non-hydrogen) atoms. The first kappa shape index (κ1) is 25.0. The van der Waals surface area contributed by atoms with Crippen molar-refractivity contribution < 1.29 is 23.8 Å². The van der Waals surface area contributed by atoms with Gasteiger partial charge >= 0.3 is 6.03 Å². The van der Waals surface area contributed by atoms with E-state index in [9.17, 15) is 19.1 Å². The summed E-state index contributed by atoms with van der Waals surface area (Å²) in [6.45, 7) is 6.36. The van der Waals surface area contributed by atoms with Crippen molar-refractivity contribution in [2.75, 3.05) is 52.9 Å². The number of carbonyl (C=O) groups excluding carboxylic acids is 2. The van der Waals surface area contributed by atoms with Crippen molar-refractivity contribution in [3.05, 3.63) is 59.4 Å². The Morgan fingerprint density at radius 3 is 2.68 bits per heavy atom. The molecule has 0 radical (unpaired) electrons. The van der Waals surface area contributed by atoms with E-state index >= 15 is 0 Å². The number of rotatable bonds is 5.